The number of hydrogen-bond donors (Lipinski definition) is 3. The summed E-state index contributed by atoms with van der Waals surface area (Å²) < 4.78 is 36.8. The molecule has 0 heterocycles. The van der Waals surface area contributed by atoms with Crippen molar-refractivity contribution >= 4 is 0 Å². The van der Waals surface area contributed by atoms with Crippen LogP contribution in [0.4, 0.5) is 13.2 Å². The molecule has 1 unspecified atom stereocenters. The summed E-state index contributed by atoms with van der Waals surface area (Å²) in [5, 5.41) is 18.4. The second-order valence-corrected chi connectivity index (χ2v) is 3.19. The highest BCUT2D eigenvalue weighted by Crippen LogP contribution is 2.42. The first-order valence-electron chi connectivity index (χ1n) is 4.12. The van der Waals surface area contributed by atoms with Gasteiger partial charge in [-0.3, -0.25) is 0 Å². The largest absolute Gasteiger partial charge is 0.504 e. The van der Waals surface area contributed by atoms with Gasteiger partial charge in [0.2, 0.25) is 0 Å². The van der Waals surface area contributed by atoms with Gasteiger partial charge in [0.25, 0.3) is 0 Å². The molecule has 4 N–H and O–H groups in total. The van der Waals surface area contributed by atoms with Gasteiger partial charge in [0.1, 0.15) is 5.56 Å². The van der Waals surface area contributed by atoms with Crippen LogP contribution in [0, 0.1) is 0 Å². The zero-order chi connectivity index (χ0) is 11.8. The molecule has 15 heavy (non-hydrogen) atoms. The molecule has 0 fully saturated rings. The smallest absolute Gasteiger partial charge is 0.420 e. The van der Waals surface area contributed by atoms with Crippen LogP contribution in [0.25, 0.3) is 0 Å². The highest BCUT2D eigenvalue weighted by atomic mass is 19.4. The molecule has 0 bridgehead atoms. The Labute approximate surface area is 84.0 Å². The lowest BCUT2D eigenvalue weighted by molar-refractivity contribution is -0.138. The molecule has 1 aromatic rings. The standard InChI is InChI=1S/C9H10F3NO2/c1-4(13)5-2-3-6(9(10,11)12)8(15)7(5)14/h2-4,14-15H,13H2,1H3. The fraction of sp³-hybridized carbons (Fsp3) is 0.333. The molecule has 3 nitrogen and oxygen atoms in total. The molecule has 1 rings (SSSR count). The van der Waals surface area contributed by atoms with Crippen LogP contribution in [0.1, 0.15) is 24.1 Å². The van der Waals surface area contributed by atoms with Gasteiger partial charge in [-0.1, -0.05) is 6.07 Å². The van der Waals surface area contributed by atoms with Crippen molar-refractivity contribution in [2.24, 2.45) is 5.73 Å². The Bertz CT molecular complexity index is 374. The average Bonchev–Trinajstić information content (AvgIpc) is 2.06. The fourth-order valence-electron chi connectivity index (χ4n) is 1.19. The molecule has 1 atom stereocenters. The number of rotatable bonds is 1. The summed E-state index contributed by atoms with van der Waals surface area (Å²) >= 11 is 0. The van der Waals surface area contributed by atoms with Gasteiger partial charge < -0.3 is 15.9 Å². The van der Waals surface area contributed by atoms with Gasteiger partial charge in [-0.15, -0.1) is 0 Å². The summed E-state index contributed by atoms with van der Waals surface area (Å²) in [6, 6.07) is 1.08. The third-order valence-corrected chi connectivity index (χ3v) is 1.98. The Morgan fingerprint density at radius 1 is 1.20 bits per heavy atom. The summed E-state index contributed by atoms with van der Waals surface area (Å²) in [5.74, 6) is -2.00. The molecule has 84 valence electrons. The molecule has 0 aromatic heterocycles. The number of hydrogen-bond acceptors (Lipinski definition) is 3. The number of phenols is 2. The molecule has 0 saturated heterocycles. The lowest BCUT2D eigenvalue weighted by Gasteiger charge is -2.14. The monoisotopic (exact) mass is 221 g/mol. The minimum atomic E-state index is -4.70. The van der Waals surface area contributed by atoms with Gasteiger partial charge in [-0.25, -0.2) is 0 Å². The van der Waals surface area contributed by atoms with E-state index in [9.17, 15) is 18.3 Å². The number of phenolic OH excluding ortho intramolecular Hbond substituents is 2. The summed E-state index contributed by atoms with van der Waals surface area (Å²) in [5.41, 5.74) is 4.19. The van der Waals surface area contributed by atoms with Crippen molar-refractivity contribution in [1.29, 1.82) is 0 Å². The van der Waals surface area contributed by atoms with Gasteiger partial charge in [0, 0.05) is 11.6 Å². The van der Waals surface area contributed by atoms with E-state index in [0.29, 0.717) is 6.07 Å². The Morgan fingerprint density at radius 3 is 2.13 bits per heavy atom. The van der Waals surface area contributed by atoms with E-state index in [-0.39, 0.29) is 5.56 Å². The summed E-state index contributed by atoms with van der Waals surface area (Å²) in [6.45, 7) is 1.49. The first kappa shape index (κ1) is 11.6. The van der Waals surface area contributed by atoms with Crippen molar-refractivity contribution in [3.8, 4) is 11.5 Å². The second-order valence-electron chi connectivity index (χ2n) is 3.19. The third-order valence-electron chi connectivity index (χ3n) is 1.98. The highest BCUT2D eigenvalue weighted by Gasteiger charge is 2.35. The SMILES string of the molecule is CC(N)c1ccc(C(F)(F)F)c(O)c1O. The predicted octanol–water partition coefficient (Wildman–Crippen LogP) is 2.14. The highest BCUT2D eigenvalue weighted by molar-refractivity contribution is 5.52. The average molecular weight is 221 g/mol. The summed E-state index contributed by atoms with van der Waals surface area (Å²) in [6.07, 6.45) is -4.70. The normalized spacial score (nSPS) is 13.9. The number of benzene rings is 1. The molecule has 0 aliphatic rings. The minimum absolute atomic E-state index is 0.0699. The molecule has 0 aliphatic heterocycles. The van der Waals surface area contributed by atoms with Crippen LogP contribution < -0.4 is 5.73 Å². The lowest BCUT2D eigenvalue weighted by Crippen LogP contribution is -2.09. The van der Waals surface area contributed by atoms with E-state index < -0.39 is 29.3 Å². The van der Waals surface area contributed by atoms with E-state index in [2.05, 4.69) is 0 Å². The van der Waals surface area contributed by atoms with Gasteiger partial charge in [-0.2, -0.15) is 13.2 Å². The van der Waals surface area contributed by atoms with Crippen LogP contribution in [0.15, 0.2) is 12.1 Å². The Hall–Kier alpha value is -1.43. The zero-order valence-electron chi connectivity index (χ0n) is 7.84. The summed E-state index contributed by atoms with van der Waals surface area (Å²) in [4.78, 5) is 0. The van der Waals surface area contributed by atoms with E-state index in [1.54, 1.807) is 0 Å². The van der Waals surface area contributed by atoms with Crippen molar-refractivity contribution < 1.29 is 23.4 Å². The quantitative estimate of drug-likeness (QED) is 0.636. The van der Waals surface area contributed by atoms with Crippen molar-refractivity contribution in [2.45, 2.75) is 19.1 Å². The number of alkyl halides is 3. The second kappa shape index (κ2) is 3.62. The van der Waals surface area contributed by atoms with Crippen LogP contribution in [0.5, 0.6) is 11.5 Å². The molecule has 0 saturated carbocycles. The minimum Gasteiger partial charge on any atom is -0.504 e. The molecule has 1 aromatic carbocycles. The van der Waals surface area contributed by atoms with Gasteiger partial charge >= 0.3 is 6.18 Å². The first-order chi connectivity index (χ1) is 6.75. The van der Waals surface area contributed by atoms with Gasteiger partial charge in [-0.05, 0) is 13.0 Å². The number of halogens is 3. The molecule has 0 radical (unpaired) electrons. The van der Waals surface area contributed by atoms with Crippen molar-refractivity contribution in [3.05, 3.63) is 23.3 Å². The van der Waals surface area contributed by atoms with E-state index in [1.165, 1.54) is 6.92 Å². The van der Waals surface area contributed by atoms with Crippen molar-refractivity contribution in [1.82, 2.24) is 0 Å². The number of aromatic hydroxyl groups is 2. The van der Waals surface area contributed by atoms with Crippen LogP contribution in [0.2, 0.25) is 0 Å². The van der Waals surface area contributed by atoms with Crippen LogP contribution in [-0.4, -0.2) is 10.2 Å². The number of nitrogens with two attached hydrogens (primary N) is 1. The zero-order valence-corrected chi connectivity index (χ0v) is 7.84. The van der Waals surface area contributed by atoms with Crippen LogP contribution in [-0.2, 0) is 6.18 Å². The predicted molar refractivity (Wildman–Crippen MR) is 47.4 cm³/mol. The maximum absolute atomic E-state index is 12.3. The summed E-state index contributed by atoms with van der Waals surface area (Å²) in [7, 11) is 0. The molecular weight excluding hydrogens is 211 g/mol. The fourth-order valence-corrected chi connectivity index (χ4v) is 1.19. The van der Waals surface area contributed by atoms with Crippen LogP contribution in [0.3, 0.4) is 0 Å². The van der Waals surface area contributed by atoms with E-state index >= 15 is 0 Å². The molecule has 0 aliphatic carbocycles. The first-order valence-corrected chi connectivity index (χ1v) is 4.12. The molecule has 6 heteroatoms. The Morgan fingerprint density at radius 2 is 1.73 bits per heavy atom. The van der Waals surface area contributed by atoms with Gasteiger partial charge in [0.15, 0.2) is 11.5 Å². The maximum atomic E-state index is 12.3. The van der Waals surface area contributed by atoms with Crippen molar-refractivity contribution in [2.75, 3.05) is 0 Å². The lowest BCUT2D eigenvalue weighted by atomic mass is 10.0. The van der Waals surface area contributed by atoms with Gasteiger partial charge in [0.05, 0.1) is 0 Å². The van der Waals surface area contributed by atoms with E-state index in [1.807, 2.05) is 0 Å². The maximum Gasteiger partial charge on any atom is 0.420 e. The third kappa shape index (κ3) is 2.15. The Kier molecular flexibility index (Phi) is 2.81. The molecule has 0 amide bonds. The van der Waals surface area contributed by atoms with E-state index in [4.69, 9.17) is 10.8 Å². The van der Waals surface area contributed by atoms with Crippen LogP contribution >= 0.6 is 0 Å². The Balaban J connectivity index is 3.34. The molecular formula is C9H10F3NO2. The van der Waals surface area contributed by atoms with E-state index in [0.717, 1.165) is 6.07 Å². The topological polar surface area (TPSA) is 66.5 Å². The molecule has 0 spiro atoms. The van der Waals surface area contributed by atoms with Crippen molar-refractivity contribution in [3.63, 3.8) is 0 Å².